The number of nitrogens with zero attached hydrogens (tertiary/aromatic N) is 2. The van der Waals surface area contributed by atoms with Crippen LogP contribution in [0.2, 0.25) is 5.02 Å². The number of anilines is 2. The van der Waals surface area contributed by atoms with Crippen molar-refractivity contribution in [2.75, 3.05) is 30.5 Å². The zero-order valence-corrected chi connectivity index (χ0v) is 23.1. The third-order valence-electron chi connectivity index (χ3n) is 6.26. The van der Waals surface area contributed by atoms with Gasteiger partial charge in [-0.25, -0.2) is 4.79 Å². The van der Waals surface area contributed by atoms with Gasteiger partial charge in [-0.3, -0.25) is 14.5 Å². The molecule has 202 valence electrons. The minimum Gasteiger partial charge on any atom is -0.497 e. The van der Waals surface area contributed by atoms with Gasteiger partial charge in [0.05, 0.1) is 31.4 Å². The first-order chi connectivity index (χ1) is 18.8. The van der Waals surface area contributed by atoms with Gasteiger partial charge in [0, 0.05) is 17.3 Å². The van der Waals surface area contributed by atoms with E-state index in [1.54, 1.807) is 67.5 Å². The predicted molar refractivity (Wildman–Crippen MR) is 154 cm³/mol. The number of hydrogen-bond donors (Lipinski definition) is 1. The predicted octanol–water partition coefficient (Wildman–Crippen LogP) is 5.10. The lowest BCUT2D eigenvalue weighted by atomic mass is 10.1. The Morgan fingerprint density at radius 1 is 1.00 bits per heavy atom. The minimum atomic E-state index is -0.798. The Balaban J connectivity index is 1.55. The third-order valence-corrected chi connectivity index (χ3v) is 6.93. The van der Waals surface area contributed by atoms with Crippen LogP contribution in [-0.2, 0) is 20.7 Å². The Kier molecular flexibility index (Phi) is 9.16. The molecule has 39 heavy (non-hydrogen) atoms. The molecule has 1 heterocycles. The summed E-state index contributed by atoms with van der Waals surface area (Å²) in [7, 11) is 1.61. The number of methoxy groups -OCH3 is 1. The number of halogens is 1. The van der Waals surface area contributed by atoms with E-state index >= 15 is 0 Å². The Bertz CT molecular complexity index is 1350. The third kappa shape index (κ3) is 6.74. The Hall–Kier alpha value is -3.95. The monoisotopic (exact) mass is 565 g/mol. The maximum absolute atomic E-state index is 13.7. The summed E-state index contributed by atoms with van der Waals surface area (Å²) < 4.78 is 10.3. The molecule has 0 aromatic heterocycles. The molecule has 2 amide bonds. The molecular formula is C29H28ClN3O5S. The number of thiocarbonyl (C=S) groups is 1. The van der Waals surface area contributed by atoms with E-state index < -0.39 is 12.0 Å². The highest BCUT2D eigenvalue weighted by atomic mass is 35.5. The standard InChI is InChI=1S/C29H28ClN3O5S/c1-3-38-28(36)20-6-12-23(13-7-20)33-27(35)25(18-26(34)31-22-10-8-21(30)9-11-22)32(29(33)39)17-16-19-4-14-24(37-2)15-5-19/h4-15,25H,3,16-18H2,1-2H3,(H,31,34)/t25-/m1/s1. The van der Waals surface area contributed by atoms with Gasteiger partial charge >= 0.3 is 5.97 Å². The van der Waals surface area contributed by atoms with Gasteiger partial charge in [-0.05, 0) is 91.8 Å². The lowest BCUT2D eigenvalue weighted by molar-refractivity contribution is -0.124. The van der Waals surface area contributed by atoms with Gasteiger partial charge in [-0.15, -0.1) is 0 Å². The fraction of sp³-hybridized carbons (Fsp3) is 0.241. The number of benzene rings is 3. The molecule has 1 N–H and O–H groups in total. The first-order valence-electron chi connectivity index (χ1n) is 12.4. The molecule has 4 rings (SSSR count). The number of amides is 2. The van der Waals surface area contributed by atoms with Crippen molar-refractivity contribution < 1.29 is 23.9 Å². The lowest BCUT2D eigenvalue weighted by Crippen LogP contribution is -2.39. The molecule has 0 bridgehead atoms. The smallest absolute Gasteiger partial charge is 0.338 e. The van der Waals surface area contributed by atoms with Crippen molar-refractivity contribution in [3.63, 3.8) is 0 Å². The first-order valence-corrected chi connectivity index (χ1v) is 13.2. The van der Waals surface area contributed by atoms with Crippen molar-refractivity contribution in [2.45, 2.75) is 25.8 Å². The van der Waals surface area contributed by atoms with Gasteiger partial charge in [0.15, 0.2) is 5.11 Å². The molecule has 0 radical (unpaired) electrons. The molecule has 1 aliphatic rings. The highest BCUT2D eigenvalue weighted by Gasteiger charge is 2.44. The lowest BCUT2D eigenvalue weighted by Gasteiger charge is -2.24. The van der Waals surface area contributed by atoms with E-state index in [1.165, 1.54) is 4.90 Å². The first kappa shape index (κ1) is 28.1. The van der Waals surface area contributed by atoms with Crippen LogP contribution in [0.5, 0.6) is 5.75 Å². The van der Waals surface area contributed by atoms with Crippen molar-refractivity contribution in [3.05, 3.63) is 88.9 Å². The van der Waals surface area contributed by atoms with Crippen molar-refractivity contribution in [2.24, 2.45) is 0 Å². The maximum Gasteiger partial charge on any atom is 0.338 e. The van der Waals surface area contributed by atoms with E-state index in [1.807, 2.05) is 24.3 Å². The van der Waals surface area contributed by atoms with Crippen LogP contribution in [0.15, 0.2) is 72.8 Å². The van der Waals surface area contributed by atoms with Gasteiger partial charge in [0.2, 0.25) is 5.91 Å². The molecule has 3 aromatic carbocycles. The van der Waals surface area contributed by atoms with E-state index in [2.05, 4.69) is 5.32 Å². The molecule has 0 aliphatic carbocycles. The van der Waals surface area contributed by atoms with Crippen molar-refractivity contribution in [3.8, 4) is 5.75 Å². The summed E-state index contributed by atoms with van der Waals surface area (Å²) in [6.45, 7) is 2.42. The molecule has 0 spiro atoms. The summed E-state index contributed by atoms with van der Waals surface area (Å²) in [6.07, 6.45) is 0.504. The Morgan fingerprint density at radius 3 is 2.28 bits per heavy atom. The van der Waals surface area contributed by atoms with E-state index in [-0.39, 0.29) is 24.8 Å². The van der Waals surface area contributed by atoms with Crippen LogP contribution in [-0.4, -0.2) is 54.1 Å². The number of ether oxygens (including phenoxy) is 2. The van der Waals surface area contributed by atoms with Crippen LogP contribution in [0.3, 0.4) is 0 Å². The van der Waals surface area contributed by atoms with Gasteiger partial charge < -0.3 is 19.7 Å². The number of rotatable bonds is 10. The molecule has 1 fully saturated rings. The quantitative estimate of drug-likeness (QED) is 0.270. The van der Waals surface area contributed by atoms with Crippen LogP contribution in [0.4, 0.5) is 11.4 Å². The largest absolute Gasteiger partial charge is 0.497 e. The number of carbonyl (C=O) groups is 3. The average Bonchev–Trinajstić information content (AvgIpc) is 3.17. The van der Waals surface area contributed by atoms with Crippen LogP contribution in [0, 0.1) is 0 Å². The van der Waals surface area contributed by atoms with Gasteiger partial charge in [0.25, 0.3) is 5.91 Å². The molecule has 1 saturated heterocycles. The van der Waals surface area contributed by atoms with Crippen LogP contribution < -0.4 is 15.0 Å². The number of carbonyl (C=O) groups excluding carboxylic acids is 3. The number of esters is 1. The van der Waals surface area contributed by atoms with Gasteiger partial charge in [-0.2, -0.15) is 0 Å². The fourth-order valence-corrected chi connectivity index (χ4v) is 4.79. The Labute approximate surface area is 237 Å². The van der Waals surface area contributed by atoms with Gasteiger partial charge in [0.1, 0.15) is 11.8 Å². The Morgan fingerprint density at radius 2 is 1.67 bits per heavy atom. The zero-order valence-electron chi connectivity index (χ0n) is 21.6. The minimum absolute atomic E-state index is 0.0956. The second-order valence-electron chi connectivity index (χ2n) is 8.79. The van der Waals surface area contributed by atoms with E-state index in [0.717, 1.165) is 11.3 Å². The van der Waals surface area contributed by atoms with Crippen LogP contribution >= 0.6 is 23.8 Å². The number of hydrogen-bond acceptors (Lipinski definition) is 6. The summed E-state index contributed by atoms with van der Waals surface area (Å²) in [5.41, 5.74) is 2.49. The summed E-state index contributed by atoms with van der Waals surface area (Å²) in [4.78, 5) is 41.9. The summed E-state index contributed by atoms with van der Waals surface area (Å²) in [5.74, 6) is -0.339. The molecule has 8 nitrogen and oxygen atoms in total. The second-order valence-corrected chi connectivity index (χ2v) is 9.59. The molecule has 10 heteroatoms. The fourth-order valence-electron chi connectivity index (χ4n) is 4.25. The summed E-state index contributed by atoms with van der Waals surface area (Å²) >= 11 is 11.7. The van der Waals surface area contributed by atoms with Crippen molar-refractivity contribution >= 4 is 58.1 Å². The van der Waals surface area contributed by atoms with E-state index in [0.29, 0.717) is 40.0 Å². The topological polar surface area (TPSA) is 88.2 Å². The number of nitrogens with one attached hydrogen (secondary N) is 1. The summed E-state index contributed by atoms with van der Waals surface area (Å²) in [6, 6.07) is 20.1. The van der Waals surface area contributed by atoms with Crippen LogP contribution in [0.25, 0.3) is 0 Å². The van der Waals surface area contributed by atoms with Crippen molar-refractivity contribution in [1.82, 2.24) is 4.90 Å². The second kappa shape index (κ2) is 12.7. The normalized spacial score (nSPS) is 14.9. The average molecular weight is 566 g/mol. The van der Waals surface area contributed by atoms with Gasteiger partial charge in [-0.1, -0.05) is 23.7 Å². The zero-order chi connectivity index (χ0) is 27.9. The maximum atomic E-state index is 13.7. The highest BCUT2D eigenvalue weighted by Crippen LogP contribution is 2.28. The molecular weight excluding hydrogens is 538 g/mol. The van der Waals surface area contributed by atoms with E-state index in [9.17, 15) is 14.4 Å². The molecule has 1 aliphatic heterocycles. The highest BCUT2D eigenvalue weighted by molar-refractivity contribution is 7.80. The molecule has 3 aromatic rings. The van der Waals surface area contributed by atoms with Crippen molar-refractivity contribution in [1.29, 1.82) is 0 Å². The molecule has 1 atom stereocenters. The molecule has 0 unspecified atom stereocenters. The van der Waals surface area contributed by atoms with Crippen LogP contribution in [0.1, 0.15) is 29.3 Å². The summed E-state index contributed by atoms with van der Waals surface area (Å²) in [5, 5.41) is 3.67. The molecule has 0 saturated carbocycles. The SMILES string of the molecule is CCOC(=O)c1ccc(N2C(=O)[C@@H](CC(=O)Nc3ccc(Cl)cc3)N(CCc3ccc(OC)cc3)C2=S)cc1. The van der Waals surface area contributed by atoms with E-state index in [4.69, 9.17) is 33.3 Å².